The number of esters is 3. The molecule has 0 aromatic heterocycles. The van der Waals surface area contributed by atoms with Crippen LogP contribution in [0.2, 0.25) is 0 Å². The molecule has 0 radical (unpaired) electrons. The third-order valence-electron chi connectivity index (χ3n) is 15.5. The second-order valence-electron chi connectivity index (χ2n) is 22.4. The molecule has 4 unspecified atom stereocenters. The minimum absolute atomic E-state index is 0.0747. The molecule has 0 fully saturated rings. The average molecular weight is 1020 g/mol. The summed E-state index contributed by atoms with van der Waals surface area (Å²) < 4.78 is 18.3. The van der Waals surface area contributed by atoms with Crippen molar-refractivity contribution in [3.05, 3.63) is 47.6 Å². The van der Waals surface area contributed by atoms with Crippen molar-refractivity contribution >= 4 is 29.7 Å². The molecule has 2 amide bonds. The quantitative estimate of drug-likeness (QED) is 0.0275. The summed E-state index contributed by atoms with van der Waals surface area (Å²) in [6.07, 6.45) is 27.6. The van der Waals surface area contributed by atoms with E-state index < -0.39 is 5.54 Å². The fourth-order valence-corrected chi connectivity index (χ4v) is 10.5. The maximum absolute atomic E-state index is 15.0. The first-order valence-corrected chi connectivity index (χ1v) is 29.4. The molecule has 4 atom stereocenters. The fourth-order valence-electron chi connectivity index (χ4n) is 10.5. The van der Waals surface area contributed by atoms with Gasteiger partial charge < -0.3 is 29.3 Å². The Hall–Kier alpha value is -3.73. The Labute approximate surface area is 445 Å². The minimum atomic E-state index is -1.35. The normalized spacial score (nSPS) is 18.6. The number of ether oxygens (including phenoxy) is 3. The van der Waals surface area contributed by atoms with E-state index in [2.05, 4.69) is 56.3 Å². The summed E-state index contributed by atoms with van der Waals surface area (Å²) in [5.41, 5.74) is 2.85. The molecule has 418 valence electrons. The molecule has 2 aliphatic rings. The number of amides is 2. The molecule has 0 saturated heterocycles. The van der Waals surface area contributed by atoms with Gasteiger partial charge in [-0.15, -0.1) is 0 Å². The van der Waals surface area contributed by atoms with Gasteiger partial charge in [0.2, 0.25) is 11.8 Å². The van der Waals surface area contributed by atoms with Crippen LogP contribution in [0, 0.1) is 11.8 Å². The van der Waals surface area contributed by atoms with Crippen LogP contribution in [0.1, 0.15) is 248 Å². The van der Waals surface area contributed by atoms with Crippen LogP contribution in [0.3, 0.4) is 0 Å². The van der Waals surface area contributed by atoms with Gasteiger partial charge in [-0.05, 0) is 174 Å². The maximum atomic E-state index is 15.0. The lowest BCUT2D eigenvalue weighted by Gasteiger charge is -2.44. The molecule has 73 heavy (non-hydrogen) atoms. The van der Waals surface area contributed by atoms with Gasteiger partial charge in [-0.1, -0.05) is 128 Å². The van der Waals surface area contributed by atoms with E-state index in [1.54, 1.807) is 4.90 Å². The highest BCUT2D eigenvalue weighted by Gasteiger charge is 2.45. The van der Waals surface area contributed by atoms with E-state index in [1.807, 2.05) is 41.8 Å². The zero-order chi connectivity index (χ0) is 54.0. The van der Waals surface area contributed by atoms with E-state index in [9.17, 15) is 19.2 Å². The van der Waals surface area contributed by atoms with E-state index in [0.29, 0.717) is 64.6 Å². The van der Waals surface area contributed by atoms with Crippen LogP contribution in [0.15, 0.2) is 47.6 Å². The molecule has 11 nitrogen and oxygen atoms in total. The number of unbranched alkanes of at least 4 members (excludes halogenated alkanes) is 12. The van der Waals surface area contributed by atoms with Gasteiger partial charge in [0.1, 0.15) is 23.9 Å². The summed E-state index contributed by atoms with van der Waals surface area (Å²) in [5.74, 6) is -0.840. The third kappa shape index (κ3) is 26.5. The van der Waals surface area contributed by atoms with Crippen molar-refractivity contribution in [2.45, 2.75) is 271 Å². The lowest BCUT2D eigenvalue weighted by Crippen LogP contribution is -2.61. The molecular formula is C62H107N3O8. The summed E-state index contributed by atoms with van der Waals surface area (Å²) in [5, 5.41) is 3.20. The first-order chi connectivity index (χ1) is 35.0. The molecule has 1 N–H and O–H groups in total. The Morgan fingerprint density at radius 2 is 1.05 bits per heavy atom. The van der Waals surface area contributed by atoms with Gasteiger partial charge in [-0.2, -0.15) is 0 Å². The predicted molar refractivity (Wildman–Crippen MR) is 300 cm³/mol. The van der Waals surface area contributed by atoms with Crippen LogP contribution in [0.5, 0.6) is 0 Å². The van der Waals surface area contributed by atoms with E-state index in [1.165, 1.54) is 51.4 Å². The molecule has 0 saturated carbocycles. The van der Waals surface area contributed by atoms with Gasteiger partial charge in [0.25, 0.3) is 0 Å². The van der Waals surface area contributed by atoms with Crippen LogP contribution in [-0.2, 0) is 38.2 Å². The largest absolute Gasteiger partial charge is 0.462 e. The van der Waals surface area contributed by atoms with Crippen molar-refractivity contribution in [3.63, 3.8) is 0 Å². The number of carbonyl (C=O) groups excluding carboxylic acids is 5. The SMILES string of the molecule is C=C(C)C1CC=C(C)C(OC(=O)CCCC(CCCC(=O)OC2CC(C(=C)C)CC=C2C)(C(=O)NCCCC)N(CCCN(C)C)C(=O)CCCCC(=O)OC(CCCCCCCC)CCCCCCCC)C1. The molecule has 11 heteroatoms. The smallest absolute Gasteiger partial charge is 0.306 e. The van der Waals surface area contributed by atoms with Crippen LogP contribution in [-0.4, -0.2) is 97.1 Å². The van der Waals surface area contributed by atoms with Crippen LogP contribution >= 0.6 is 0 Å². The van der Waals surface area contributed by atoms with Gasteiger partial charge in [0, 0.05) is 38.8 Å². The number of rotatable bonds is 41. The second kappa shape index (κ2) is 37.9. The Morgan fingerprint density at radius 3 is 1.52 bits per heavy atom. The predicted octanol–water partition coefficient (Wildman–Crippen LogP) is 14.4. The summed E-state index contributed by atoms with van der Waals surface area (Å²) in [4.78, 5) is 74.5. The van der Waals surface area contributed by atoms with Gasteiger partial charge >= 0.3 is 17.9 Å². The van der Waals surface area contributed by atoms with E-state index in [0.717, 1.165) is 86.5 Å². The summed E-state index contributed by atoms with van der Waals surface area (Å²) >= 11 is 0. The van der Waals surface area contributed by atoms with Crippen molar-refractivity contribution in [2.75, 3.05) is 33.7 Å². The highest BCUT2D eigenvalue weighted by molar-refractivity contribution is 5.91. The van der Waals surface area contributed by atoms with Gasteiger partial charge in [0.15, 0.2) is 0 Å². The Balaban J connectivity index is 2.38. The summed E-state index contributed by atoms with van der Waals surface area (Å²) in [6.45, 7) is 24.3. The summed E-state index contributed by atoms with van der Waals surface area (Å²) in [6, 6.07) is 0. The zero-order valence-electron chi connectivity index (χ0n) is 48.2. The summed E-state index contributed by atoms with van der Waals surface area (Å²) in [7, 11) is 3.98. The average Bonchev–Trinajstić information content (AvgIpc) is 3.34. The minimum Gasteiger partial charge on any atom is -0.462 e. The lowest BCUT2D eigenvalue weighted by atomic mass is 9.82. The zero-order valence-corrected chi connectivity index (χ0v) is 48.2. The third-order valence-corrected chi connectivity index (χ3v) is 15.5. The van der Waals surface area contributed by atoms with Gasteiger partial charge in [-0.3, -0.25) is 24.0 Å². The number of nitrogens with zero attached hydrogens (tertiary/aromatic N) is 2. The van der Waals surface area contributed by atoms with E-state index >= 15 is 4.79 Å². The van der Waals surface area contributed by atoms with Crippen molar-refractivity contribution in [1.29, 1.82) is 0 Å². The molecule has 0 aromatic carbocycles. The monoisotopic (exact) mass is 1020 g/mol. The Morgan fingerprint density at radius 1 is 0.603 bits per heavy atom. The fraction of sp³-hybridized carbons (Fsp3) is 0.790. The van der Waals surface area contributed by atoms with Gasteiger partial charge in [-0.25, -0.2) is 0 Å². The second-order valence-corrected chi connectivity index (χ2v) is 22.4. The first-order valence-electron chi connectivity index (χ1n) is 29.4. The highest BCUT2D eigenvalue weighted by Crippen LogP contribution is 2.35. The highest BCUT2D eigenvalue weighted by atomic mass is 16.6. The first kappa shape index (κ1) is 65.4. The standard InChI is InChI=1S/C62H107N3O8/c1-12-15-18-20-22-24-31-54(32-25-23-21-19-16-13-2)71-58(67)34-27-26-33-57(66)65(45-30-44-64(10)11)62(61(70)63-43-17-14-3,41-28-35-59(68)72-55-46-52(48(4)5)39-37-50(55)8)42-29-36-60(69)73-56-47-53(49(6)7)40-38-51(56)9/h37-38,52-56H,4,6,12-36,39-47H2,1-3,5,7-11H3,(H,63,70). The molecule has 0 bridgehead atoms. The van der Waals surface area contributed by atoms with E-state index in [4.69, 9.17) is 14.2 Å². The topological polar surface area (TPSA) is 132 Å². The van der Waals surface area contributed by atoms with Gasteiger partial charge in [0.05, 0.1) is 0 Å². The molecular weight excluding hydrogens is 915 g/mol. The van der Waals surface area contributed by atoms with Crippen molar-refractivity contribution in [1.82, 2.24) is 15.1 Å². The maximum Gasteiger partial charge on any atom is 0.306 e. The number of allylic oxidation sites excluding steroid dienone is 4. The van der Waals surface area contributed by atoms with Crippen LogP contribution < -0.4 is 5.32 Å². The number of carbonyl (C=O) groups is 5. The number of hydrogen-bond donors (Lipinski definition) is 1. The van der Waals surface area contributed by atoms with Crippen molar-refractivity contribution in [2.24, 2.45) is 11.8 Å². The van der Waals surface area contributed by atoms with Crippen molar-refractivity contribution in [3.8, 4) is 0 Å². The van der Waals surface area contributed by atoms with Crippen LogP contribution in [0.25, 0.3) is 0 Å². The lowest BCUT2D eigenvalue weighted by molar-refractivity contribution is -0.153. The molecule has 0 heterocycles. The number of hydrogen-bond acceptors (Lipinski definition) is 9. The Kier molecular flexibility index (Phi) is 34.0. The number of nitrogens with one attached hydrogen (secondary N) is 1. The molecule has 2 rings (SSSR count). The van der Waals surface area contributed by atoms with Crippen molar-refractivity contribution < 1.29 is 38.2 Å². The van der Waals surface area contributed by atoms with E-state index in [-0.39, 0.29) is 98.4 Å². The molecule has 0 spiro atoms. The van der Waals surface area contributed by atoms with Crippen LogP contribution in [0.4, 0.5) is 0 Å². The molecule has 0 aliphatic heterocycles. The Bertz CT molecular complexity index is 1640. The molecule has 2 aliphatic carbocycles. The molecule has 0 aromatic rings.